The number of thiazole rings is 1. The number of hydrogen-bond donors (Lipinski definition) is 1. The molecule has 3 rings (SSSR count). The molecule has 0 spiro atoms. The first-order valence-electron chi connectivity index (χ1n) is 6.43. The summed E-state index contributed by atoms with van der Waals surface area (Å²) in [6, 6.07) is 0. The molecule has 0 radical (unpaired) electrons. The molecule has 3 heterocycles. The predicted octanol–water partition coefficient (Wildman–Crippen LogP) is 1.29. The number of esters is 1. The Morgan fingerprint density at radius 2 is 2.05 bits per heavy atom. The maximum Gasteiger partial charge on any atom is 0.344 e. The summed E-state index contributed by atoms with van der Waals surface area (Å²) in [6.07, 6.45) is 1.81. The van der Waals surface area contributed by atoms with E-state index in [-0.39, 0.29) is 5.82 Å². The molecule has 112 valence electrons. The minimum absolute atomic E-state index is 0.240. The van der Waals surface area contributed by atoms with Crippen molar-refractivity contribution in [3.8, 4) is 0 Å². The van der Waals surface area contributed by atoms with Crippen LogP contribution in [0.4, 0.5) is 16.0 Å². The molecule has 2 N–H and O–H groups in total. The number of aromatic nitrogens is 2. The number of hydrogen-bond acceptors (Lipinski definition) is 9. The molecule has 2 aromatic heterocycles. The van der Waals surface area contributed by atoms with Gasteiger partial charge in [-0.25, -0.2) is 9.78 Å². The standard InChI is InChI=1S/C12H15N5O2S2/c1-19-11(18)8-9(13)15-21-10(8)16-3-5-17(6-4-16)12-14-2-7-20-12/h2,7H,3-6H2,1H3,(H2,13,15). The number of methoxy groups -OCH3 is 1. The average molecular weight is 325 g/mol. The van der Waals surface area contributed by atoms with Crippen LogP contribution in [0.1, 0.15) is 10.4 Å². The van der Waals surface area contributed by atoms with Crippen LogP contribution < -0.4 is 15.5 Å². The van der Waals surface area contributed by atoms with E-state index in [9.17, 15) is 4.79 Å². The first-order chi connectivity index (χ1) is 10.2. The number of carbonyl (C=O) groups is 1. The van der Waals surface area contributed by atoms with Crippen molar-refractivity contribution in [2.24, 2.45) is 0 Å². The minimum Gasteiger partial charge on any atom is -0.465 e. The van der Waals surface area contributed by atoms with Crippen LogP contribution in [0, 0.1) is 0 Å². The zero-order valence-electron chi connectivity index (χ0n) is 11.5. The molecule has 1 saturated heterocycles. The van der Waals surface area contributed by atoms with Crippen molar-refractivity contribution >= 4 is 44.8 Å². The van der Waals surface area contributed by atoms with Gasteiger partial charge in [0, 0.05) is 37.8 Å². The molecule has 0 atom stereocenters. The first-order valence-corrected chi connectivity index (χ1v) is 8.09. The summed E-state index contributed by atoms with van der Waals surface area (Å²) in [7, 11) is 1.35. The summed E-state index contributed by atoms with van der Waals surface area (Å²) in [4.78, 5) is 20.5. The SMILES string of the molecule is COC(=O)c1c(N)nsc1N1CCN(c2nccs2)CC1. The highest BCUT2D eigenvalue weighted by Gasteiger charge is 2.27. The van der Waals surface area contributed by atoms with E-state index in [0.717, 1.165) is 36.3 Å². The number of piperazine rings is 1. The highest BCUT2D eigenvalue weighted by Crippen LogP contribution is 2.32. The first kappa shape index (κ1) is 14.1. The van der Waals surface area contributed by atoms with Gasteiger partial charge in [0.1, 0.15) is 10.6 Å². The Morgan fingerprint density at radius 3 is 2.67 bits per heavy atom. The summed E-state index contributed by atoms with van der Waals surface area (Å²) in [5, 5.41) is 3.80. The third-order valence-corrected chi connectivity index (χ3v) is 5.10. The summed E-state index contributed by atoms with van der Waals surface area (Å²) in [5.74, 6) is -0.192. The van der Waals surface area contributed by atoms with Crippen molar-refractivity contribution in [2.45, 2.75) is 0 Å². The van der Waals surface area contributed by atoms with Crippen molar-refractivity contribution in [1.82, 2.24) is 9.36 Å². The zero-order valence-corrected chi connectivity index (χ0v) is 13.1. The quantitative estimate of drug-likeness (QED) is 0.851. The van der Waals surface area contributed by atoms with Crippen molar-refractivity contribution in [1.29, 1.82) is 0 Å². The largest absolute Gasteiger partial charge is 0.465 e. The van der Waals surface area contributed by atoms with E-state index in [1.165, 1.54) is 18.6 Å². The molecule has 21 heavy (non-hydrogen) atoms. The number of nitrogens with zero attached hydrogens (tertiary/aromatic N) is 4. The monoisotopic (exact) mass is 325 g/mol. The molecular weight excluding hydrogens is 310 g/mol. The van der Waals surface area contributed by atoms with Crippen LogP contribution in [-0.2, 0) is 4.74 Å². The molecule has 0 bridgehead atoms. The van der Waals surface area contributed by atoms with Gasteiger partial charge in [-0.15, -0.1) is 11.3 Å². The molecule has 1 fully saturated rings. The fourth-order valence-corrected chi connectivity index (χ4v) is 3.83. The van der Waals surface area contributed by atoms with Crippen LogP contribution >= 0.6 is 22.9 Å². The van der Waals surface area contributed by atoms with E-state index in [4.69, 9.17) is 10.5 Å². The zero-order chi connectivity index (χ0) is 14.8. The van der Waals surface area contributed by atoms with E-state index in [2.05, 4.69) is 19.2 Å². The number of nitrogen functional groups attached to an aromatic ring is 1. The van der Waals surface area contributed by atoms with Crippen molar-refractivity contribution in [2.75, 3.05) is 48.8 Å². The smallest absolute Gasteiger partial charge is 0.344 e. The predicted molar refractivity (Wildman–Crippen MR) is 84.4 cm³/mol. The molecule has 0 aromatic carbocycles. The lowest BCUT2D eigenvalue weighted by atomic mass is 10.2. The molecule has 0 aliphatic carbocycles. The van der Waals surface area contributed by atoms with Gasteiger partial charge in [-0.1, -0.05) is 0 Å². The van der Waals surface area contributed by atoms with Crippen LogP contribution in [0.15, 0.2) is 11.6 Å². The van der Waals surface area contributed by atoms with E-state index in [0.29, 0.717) is 5.56 Å². The lowest BCUT2D eigenvalue weighted by molar-refractivity contribution is 0.0603. The van der Waals surface area contributed by atoms with Crippen LogP contribution in [-0.4, -0.2) is 48.6 Å². The molecule has 9 heteroatoms. The molecule has 1 aliphatic rings. The Labute approximate surface area is 130 Å². The summed E-state index contributed by atoms with van der Waals surface area (Å²) < 4.78 is 8.87. The maximum atomic E-state index is 11.8. The van der Waals surface area contributed by atoms with Gasteiger partial charge in [0.2, 0.25) is 0 Å². The maximum absolute atomic E-state index is 11.8. The van der Waals surface area contributed by atoms with E-state index >= 15 is 0 Å². The second-order valence-electron chi connectivity index (χ2n) is 4.53. The van der Waals surface area contributed by atoms with Gasteiger partial charge in [0.05, 0.1) is 7.11 Å². The van der Waals surface area contributed by atoms with E-state index < -0.39 is 5.97 Å². The second kappa shape index (κ2) is 5.86. The summed E-state index contributed by atoms with van der Waals surface area (Å²) in [5.41, 5.74) is 6.16. The summed E-state index contributed by atoms with van der Waals surface area (Å²) in [6.45, 7) is 3.30. The van der Waals surface area contributed by atoms with Crippen LogP contribution in [0.2, 0.25) is 0 Å². The third kappa shape index (κ3) is 2.66. The van der Waals surface area contributed by atoms with Crippen molar-refractivity contribution < 1.29 is 9.53 Å². The topological polar surface area (TPSA) is 84.6 Å². The highest BCUT2D eigenvalue weighted by atomic mass is 32.1. The van der Waals surface area contributed by atoms with Crippen molar-refractivity contribution in [3.05, 3.63) is 17.1 Å². The normalized spacial score (nSPS) is 15.3. The molecular formula is C12H15N5O2S2. The molecule has 0 amide bonds. The van der Waals surface area contributed by atoms with Gasteiger partial charge < -0.3 is 20.3 Å². The minimum atomic E-state index is -0.432. The molecule has 2 aromatic rings. The van der Waals surface area contributed by atoms with E-state index in [1.807, 2.05) is 11.6 Å². The van der Waals surface area contributed by atoms with Crippen LogP contribution in [0.3, 0.4) is 0 Å². The van der Waals surface area contributed by atoms with Gasteiger partial charge in [-0.3, -0.25) is 0 Å². The van der Waals surface area contributed by atoms with Gasteiger partial charge in [-0.2, -0.15) is 4.37 Å². The number of rotatable bonds is 3. The molecule has 0 saturated carbocycles. The lowest BCUT2D eigenvalue weighted by Gasteiger charge is -2.35. The van der Waals surface area contributed by atoms with Crippen LogP contribution in [0.25, 0.3) is 0 Å². The Morgan fingerprint density at radius 1 is 1.33 bits per heavy atom. The van der Waals surface area contributed by atoms with Gasteiger partial charge in [0.15, 0.2) is 10.9 Å². The third-order valence-electron chi connectivity index (χ3n) is 3.35. The molecule has 0 unspecified atom stereocenters. The Hall–Kier alpha value is -1.87. The molecule has 7 nitrogen and oxygen atoms in total. The Balaban J connectivity index is 1.74. The lowest BCUT2D eigenvalue weighted by Crippen LogP contribution is -2.46. The van der Waals surface area contributed by atoms with E-state index in [1.54, 1.807) is 11.3 Å². The Kier molecular flexibility index (Phi) is 3.93. The van der Waals surface area contributed by atoms with Gasteiger partial charge in [-0.05, 0) is 11.5 Å². The number of carbonyl (C=O) groups excluding carboxylic acids is 1. The second-order valence-corrected chi connectivity index (χ2v) is 6.15. The van der Waals surface area contributed by atoms with Gasteiger partial charge in [0.25, 0.3) is 0 Å². The Bertz CT molecular complexity index is 620. The molecule has 1 aliphatic heterocycles. The average Bonchev–Trinajstić information content (AvgIpc) is 3.16. The van der Waals surface area contributed by atoms with Crippen molar-refractivity contribution in [3.63, 3.8) is 0 Å². The summed E-state index contributed by atoms with van der Waals surface area (Å²) >= 11 is 2.88. The van der Waals surface area contributed by atoms with Crippen LogP contribution in [0.5, 0.6) is 0 Å². The van der Waals surface area contributed by atoms with Gasteiger partial charge >= 0.3 is 5.97 Å². The fraction of sp³-hybridized carbons (Fsp3) is 0.417. The number of anilines is 3. The highest BCUT2D eigenvalue weighted by molar-refractivity contribution is 7.13. The number of nitrogens with two attached hydrogens (primary N) is 1. The number of ether oxygens (including phenoxy) is 1. The fourth-order valence-electron chi connectivity index (χ4n) is 2.28.